The van der Waals surface area contributed by atoms with Gasteiger partial charge in [0.2, 0.25) is 0 Å². The second-order valence-electron chi connectivity index (χ2n) is 4.38. The van der Waals surface area contributed by atoms with E-state index < -0.39 is 5.97 Å². The molecule has 0 aromatic carbocycles. The van der Waals surface area contributed by atoms with Crippen LogP contribution in [0.1, 0.15) is 35.6 Å². The van der Waals surface area contributed by atoms with Gasteiger partial charge >= 0.3 is 5.97 Å². The molecule has 0 atom stereocenters. The van der Waals surface area contributed by atoms with Gasteiger partial charge in [0.1, 0.15) is 12.4 Å². The lowest BCUT2D eigenvalue weighted by Gasteiger charge is -2.08. The van der Waals surface area contributed by atoms with Gasteiger partial charge in [0, 0.05) is 12.7 Å². The van der Waals surface area contributed by atoms with Crippen molar-refractivity contribution in [3.63, 3.8) is 0 Å². The third-order valence-corrected chi connectivity index (χ3v) is 3.95. The van der Waals surface area contributed by atoms with Gasteiger partial charge in [0.15, 0.2) is 0 Å². The number of hydrogen-bond acceptors (Lipinski definition) is 4. The van der Waals surface area contributed by atoms with Gasteiger partial charge in [0.05, 0.1) is 27.6 Å². The predicted molar refractivity (Wildman–Crippen MR) is 80.5 cm³/mol. The van der Waals surface area contributed by atoms with Crippen LogP contribution in [0, 0.1) is 0 Å². The molecule has 21 heavy (non-hydrogen) atoms. The number of nitrogens with zero attached hydrogens (tertiary/aromatic N) is 3. The maximum Gasteiger partial charge on any atom is 0.337 e. The monoisotopic (exact) mass is 353 g/mol. The lowest BCUT2D eigenvalue weighted by atomic mass is 10.3. The number of ether oxygens (including phenoxy) is 1. The van der Waals surface area contributed by atoms with E-state index in [1.54, 1.807) is 0 Å². The summed E-state index contributed by atoms with van der Waals surface area (Å²) >= 11 is 3.54. The topological polar surface area (TPSA) is 77.2 Å². The fourth-order valence-electron chi connectivity index (χ4n) is 1.92. The molecular formula is C14H16BrN3O3. The van der Waals surface area contributed by atoms with Crippen molar-refractivity contribution in [3.05, 3.63) is 39.9 Å². The molecule has 0 amide bonds. The van der Waals surface area contributed by atoms with Crippen LogP contribution < -0.4 is 4.74 Å². The molecule has 0 saturated carbocycles. The molecule has 0 aliphatic carbocycles. The smallest absolute Gasteiger partial charge is 0.337 e. The Bertz CT molecular complexity index is 655. The van der Waals surface area contributed by atoms with E-state index in [4.69, 9.17) is 9.84 Å². The van der Waals surface area contributed by atoms with E-state index in [9.17, 15) is 4.79 Å². The van der Waals surface area contributed by atoms with Gasteiger partial charge in [-0.25, -0.2) is 4.79 Å². The summed E-state index contributed by atoms with van der Waals surface area (Å²) in [6.07, 6.45) is 3.61. The Kier molecular flexibility index (Phi) is 4.95. The van der Waals surface area contributed by atoms with E-state index in [0.717, 1.165) is 28.8 Å². The molecule has 0 spiro atoms. The molecule has 0 bridgehead atoms. The fraction of sp³-hybridized carbons (Fsp3) is 0.357. The summed E-state index contributed by atoms with van der Waals surface area (Å²) < 4.78 is 8.46. The van der Waals surface area contributed by atoms with Gasteiger partial charge in [-0.15, -0.1) is 0 Å². The van der Waals surface area contributed by atoms with Crippen LogP contribution in [-0.2, 0) is 19.6 Å². The number of carboxylic acid groups (broad SMARTS) is 1. The Morgan fingerprint density at radius 3 is 2.81 bits per heavy atom. The van der Waals surface area contributed by atoms with E-state index in [1.165, 1.54) is 18.5 Å². The highest BCUT2D eigenvalue weighted by atomic mass is 79.9. The molecule has 7 heteroatoms. The van der Waals surface area contributed by atoms with Gasteiger partial charge in [-0.05, 0) is 35.3 Å². The lowest BCUT2D eigenvalue weighted by Crippen LogP contribution is -2.07. The summed E-state index contributed by atoms with van der Waals surface area (Å²) in [5, 5.41) is 13.4. The highest BCUT2D eigenvalue weighted by molar-refractivity contribution is 9.10. The average molecular weight is 354 g/mol. The number of halogens is 1. The maximum absolute atomic E-state index is 10.9. The molecule has 0 radical (unpaired) electrons. The summed E-state index contributed by atoms with van der Waals surface area (Å²) in [7, 11) is 0. The molecule has 0 fully saturated rings. The number of aromatic nitrogens is 3. The van der Waals surface area contributed by atoms with E-state index in [2.05, 4.69) is 26.0 Å². The molecule has 2 heterocycles. The van der Waals surface area contributed by atoms with Gasteiger partial charge in [-0.3, -0.25) is 9.67 Å². The molecule has 2 aromatic rings. The summed E-state index contributed by atoms with van der Waals surface area (Å²) in [5.74, 6) is -0.607. The van der Waals surface area contributed by atoms with Gasteiger partial charge < -0.3 is 9.84 Å². The first kappa shape index (κ1) is 15.5. The normalized spacial score (nSPS) is 10.6. The molecule has 2 aromatic heterocycles. The van der Waals surface area contributed by atoms with Crippen molar-refractivity contribution >= 4 is 21.9 Å². The number of aryl methyl sites for hydroxylation is 2. The molecule has 6 nitrogen and oxygen atoms in total. The number of carboxylic acids is 1. The largest absolute Gasteiger partial charge is 0.486 e. The standard InChI is InChI=1S/C14H16BrN3O3/c1-3-11-13(15)12(18(4-2)17-11)8-21-10-5-9(14(19)20)6-16-7-10/h5-7H,3-4,8H2,1-2H3,(H,19,20). The first-order chi connectivity index (χ1) is 10.1. The minimum absolute atomic E-state index is 0.102. The van der Waals surface area contributed by atoms with Crippen LogP contribution in [0.25, 0.3) is 0 Å². The second kappa shape index (κ2) is 6.71. The molecule has 0 unspecified atom stereocenters. The Labute approximate surface area is 130 Å². The van der Waals surface area contributed by atoms with Crippen molar-refractivity contribution in [2.45, 2.75) is 33.4 Å². The summed E-state index contributed by atoms with van der Waals surface area (Å²) in [5.41, 5.74) is 2.01. The summed E-state index contributed by atoms with van der Waals surface area (Å²) in [6.45, 7) is 5.09. The Balaban J connectivity index is 2.18. The van der Waals surface area contributed by atoms with Gasteiger partial charge in [-0.2, -0.15) is 5.10 Å². The number of aromatic carboxylic acids is 1. The second-order valence-corrected chi connectivity index (χ2v) is 5.17. The summed E-state index contributed by atoms with van der Waals surface area (Å²) in [4.78, 5) is 14.8. The Morgan fingerprint density at radius 1 is 1.43 bits per heavy atom. The van der Waals surface area contributed by atoms with Crippen molar-refractivity contribution in [1.29, 1.82) is 0 Å². The third-order valence-electron chi connectivity index (χ3n) is 3.03. The fourth-order valence-corrected chi connectivity index (χ4v) is 2.60. The minimum Gasteiger partial charge on any atom is -0.486 e. The molecule has 2 rings (SSSR count). The van der Waals surface area contributed by atoms with Crippen LogP contribution in [0.3, 0.4) is 0 Å². The first-order valence-electron chi connectivity index (χ1n) is 6.62. The number of rotatable bonds is 6. The molecular weight excluding hydrogens is 338 g/mol. The molecule has 0 aliphatic rings. The number of pyridine rings is 1. The lowest BCUT2D eigenvalue weighted by molar-refractivity contribution is 0.0696. The van der Waals surface area contributed by atoms with Crippen LogP contribution in [0.15, 0.2) is 22.9 Å². The third kappa shape index (κ3) is 3.41. The first-order valence-corrected chi connectivity index (χ1v) is 7.41. The maximum atomic E-state index is 10.9. The zero-order chi connectivity index (χ0) is 15.4. The van der Waals surface area contributed by atoms with Crippen LogP contribution in [0.4, 0.5) is 0 Å². The zero-order valence-corrected chi connectivity index (χ0v) is 13.4. The molecule has 0 saturated heterocycles. The SMILES string of the molecule is CCc1nn(CC)c(COc2cncc(C(=O)O)c2)c1Br. The Hall–Kier alpha value is -1.89. The predicted octanol–water partition coefficient (Wildman–Crippen LogP) is 2.90. The quantitative estimate of drug-likeness (QED) is 0.863. The molecule has 1 N–H and O–H groups in total. The highest BCUT2D eigenvalue weighted by Crippen LogP contribution is 2.24. The van der Waals surface area contributed by atoms with Crippen molar-refractivity contribution in [2.75, 3.05) is 0 Å². The van der Waals surface area contributed by atoms with Crippen LogP contribution in [0.2, 0.25) is 0 Å². The van der Waals surface area contributed by atoms with Crippen molar-refractivity contribution < 1.29 is 14.6 Å². The Morgan fingerprint density at radius 2 is 2.19 bits per heavy atom. The van der Waals surface area contributed by atoms with E-state index in [0.29, 0.717) is 12.4 Å². The van der Waals surface area contributed by atoms with Crippen LogP contribution in [0.5, 0.6) is 5.75 Å². The van der Waals surface area contributed by atoms with Crippen molar-refractivity contribution in [1.82, 2.24) is 14.8 Å². The highest BCUT2D eigenvalue weighted by Gasteiger charge is 2.14. The summed E-state index contributed by atoms with van der Waals surface area (Å²) in [6, 6.07) is 1.45. The van der Waals surface area contributed by atoms with E-state index in [1.807, 2.05) is 18.5 Å². The van der Waals surface area contributed by atoms with Crippen LogP contribution >= 0.6 is 15.9 Å². The zero-order valence-electron chi connectivity index (χ0n) is 11.8. The van der Waals surface area contributed by atoms with Crippen LogP contribution in [-0.4, -0.2) is 25.8 Å². The van der Waals surface area contributed by atoms with E-state index >= 15 is 0 Å². The van der Waals surface area contributed by atoms with Gasteiger partial charge in [-0.1, -0.05) is 6.92 Å². The number of hydrogen-bond donors (Lipinski definition) is 1. The molecule has 112 valence electrons. The van der Waals surface area contributed by atoms with Gasteiger partial charge in [0.25, 0.3) is 0 Å². The van der Waals surface area contributed by atoms with E-state index in [-0.39, 0.29) is 5.56 Å². The number of carbonyl (C=O) groups is 1. The minimum atomic E-state index is -1.03. The molecule has 0 aliphatic heterocycles. The van der Waals surface area contributed by atoms with Crippen molar-refractivity contribution in [2.24, 2.45) is 0 Å². The average Bonchev–Trinajstić information content (AvgIpc) is 2.81. The van der Waals surface area contributed by atoms with Crippen molar-refractivity contribution in [3.8, 4) is 5.75 Å².